The Kier molecular flexibility index (Phi) is 8.09. The van der Waals surface area contributed by atoms with E-state index in [-0.39, 0.29) is 21.8 Å². The zero-order chi connectivity index (χ0) is 23.0. The van der Waals surface area contributed by atoms with Crippen LogP contribution in [0.15, 0.2) is 75.7 Å². The molecule has 0 saturated carbocycles. The van der Waals surface area contributed by atoms with Gasteiger partial charge < -0.3 is 0 Å². The third-order valence-corrected chi connectivity index (χ3v) is 5.11. The van der Waals surface area contributed by atoms with E-state index in [1.165, 1.54) is 47.5 Å². The van der Waals surface area contributed by atoms with Crippen molar-refractivity contribution in [1.29, 1.82) is 0 Å². The van der Waals surface area contributed by atoms with Gasteiger partial charge in [-0.3, -0.25) is 14.8 Å². The molecule has 7 nitrogen and oxygen atoms in total. The molecule has 0 N–H and O–H groups in total. The Balaban J connectivity index is 0.000000357. The van der Waals surface area contributed by atoms with Crippen LogP contribution in [-0.2, 0) is 9.84 Å². The number of hydrogen-bond acceptors (Lipinski definition) is 6. The second kappa shape index (κ2) is 10.5. The highest BCUT2D eigenvalue weighted by atomic mass is 32.2. The molecule has 1 aromatic carbocycles. The largest absolute Gasteiger partial charge is 0.297 e. The average molecular weight is 443 g/mol. The normalized spacial score (nSPS) is 11.8. The summed E-state index contributed by atoms with van der Waals surface area (Å²) in [6.07, 6.45) is 8.57. The maximum Gasteiger partial charge on any atom is 0.207 e. The Morgan fingerprint density at radius 1 is 1.19 bits per heavy atom. The van der Waals surface area contributed by atoms with E-state index in [1.807, 2.05) is 13.0 Å². The number of halogens is 1. The molecule has 0 radical (unpaired) electrons. The number of pyridine rings is 1. The van der Waals surface area contributed by atoms with Crippen molar-refractivity contribution < 1.29 is 12.8 Å². The highest BCUT2D eigenvalue weighted by Gasteiger charge is 2.10. The van der Waals surface area contributed by atoms with Gasteiger partial charge in [-0.2, -0.15) is 5.10 Å². The summed E-state index contributed by atoms with van der Waals surface area (Å²) in [6, 6.07) is 9.33. The number of aromatic nitrogens is 3. The molecule has 0 saturated heterocycles. The van der Waals surface area contributed by atoms with Crippen molar-refractivity contribution in [1.82, 2.24) is 14.8 Å². The summed E-state index contributed by atoms with van der Waals surface area (Å²) in [5, 5.41) is 4.26. The van der Waals surface area contributed by atoms with Gasteiger partial charge in [0.1, 0.15) is 11.5 Å². The highest BCUT2D eigenvalue weighted by Crippen LogP contribution is 2.13. The first-order valence-corrected chi connectivity index (χ1v) is 11.1. The fraction of sp³-hybridized carbons (Fsp3) is 0.182. The van der Waals surface area contributed by atoms with E-state index in [2.05, 4.69) is 15.1 Å². The van der Waals surface area contributed by atoms with Crippen molar-refractivity contribution >= 4 is 21.6 Å². The molecule has 0 unspecified atom stereocenters. The Morgan fingerprint density at radius 2 is 1.94 bits per heavy atom. The van der Waals surface area contributed by atoms with Gasteiger partial charge in [0.25, 0.3) is 0 Å². The Hall–Kier alpha value is -3.46. The summed E-state index contributed by atoms with van der Waals surface area (Å²) in [7, 11) is -1.75. The van der Waals surface area contributed by atoms with Crippen LogP contribution in [0.25, 0.3) is 11.3 Å². The summed E-state index contributed by atoms with van der Waals surface area (Å²) in [5.74, 6) is -0.162. The molecule has 0 aliphatic rings. The first-order valence-electron chi connectivity index (χ1n) is 9.19. The maximum atomic E-state index is 12.2. The molecule has 3 rings (SSSR count). The molecule has 0 atom stereocenters. The zero-order valence-corrected chi connectivity index (χ0v) is 18.5. The van der Waals surface area contributed by atoms with Gasteiger partial charge in [-0.15, -0.1) is 0 Å². The van der Waals surface area contributed by atoms with Crippen LogP contribution < -0.4 is 5.43 Å². The summed E-state index contributed by atoms with van der Waals surface area (Å²) in [4.78, 5) is 19.8. The predicted molar refractivity (Wildman–Crippen MR) is 120 cm³/mol. The summed E-state index contributed by atoms with van der Waals surface area (Å²) in [5.41, 5.74) is 2.10. The fourth-order valence-corrected chi connectivity index (χ4v) is 3.02. The molecule has 0 aliphatic heterocycles. The van der Waals surface area contributed by atoms with Crippen molar-refractivity contribution in [2.24, 2.45) is 4.99 Å². The van der Waals surface area contributed by atoms with Gasteiger partial charge in [0.15, 0.2) is 9.84 Å². The first-order chi connectivity index (χ1) is 14.6. The smallest absolute Gasteiger partial charge is 0.207 e. The second-order valence-corrected chi connectivity index (χ2v) is 8.70. The van der Waals surface area contributed by atoms with Gasteiger partial charge in [0.05, 0.1) is 16.8 Å². The number of benzene rings is 1. The molecule has 31 heavy (non-hydrogen) atoms. The van der Waals surface area contributed by atoms with Gasteiger partial charge in [-0.1, -0.05) is 12.1 Å². The van der Waals surface area contributed by atoms with E-state index < -0.39 is 9.84 Å². The Morgan fingerprint density at radius 3 is 2.52 bits per heavy atom. The quantitative estimate of drug-likeness (QED) is 0.578. The number of allylic oxidation sites excluding steroid dienone is 2. The van der Waals surface area contributed by atoms with Crippen LogP contribution in [0, 0.1) is 12.7 Å². The van der Waals surface area contributed by atoms with Crippen LogP contribution in [0.2, 0.25) is 0 Å². The molecule has 0 spiro atoms. The molecular formula is C22H23FN4O3S. The van der Waals surface area contributed by atoms with Crippen LogP contribution in [0.3, 0.4) is 0 Å². The molecule has 0 aliphatic carbocycles. The third-order valence-electron chi connectivity index (χ3n) is 4.03. The van der Waals surface area contributed by atoms with E-state index in [0.717, 1.165) is 11.8 Å². The molecule has 2 aromatic heterocycles. The monoisotopic (exact) mass is 442 g/mol. The lowest BCUT2D eigenvalue weighted by Crippen LogP contribution is -2.15. The van der Waals surface area contributed by atoms with Crippen molar-refractivity contribution in [3.63, 3.8) is 0 Å². The predicted octanol–water partition coefficient (Wildman–Crippen LogP) is 3.27. The van der Waals surface area contributed by atoms with Crippen LogP contribution in [0.1, 0.15) is 18.2 Å². The average Bonchev–Trinajstić information content (AvgIpc) is 2.72. The molecule has 0 bridgehead atoms. The van der Waals surface area contributed by atoms with Crippen LogP contribution in [0.4, 0.5) is 4.39 Å². The minimum Gasteiger partial charge on any atom is -0.297 e. The molecule has 0 fully saturated rings. The topological polar surface area (TPSA) is 94.3 Å². The molecule has 2 heterocycles. The SMILES string of the molecule is CN=C/C=C(\C)c1nn(-c2cncc(S(C)(=O)=O)c2)ccc1=O.Cc1cccc(F)c1. The second-order valence-electron chi connectivity index (χ2n) is 6.68. The number of rotatable bonds is 4. The van der Waals surface area contributed by atoms with Gasteiger partial charge in [-0.05, 0) is 49.3 Å². The zero-order valence-electron chi connectivity index (χ0n) is 17.7. The summed E-state index contributed by atoms with van der Waals surface area (Å²) in [6.45, 7) is 3.62. The number of hydrogen-bond donors (Lipinski definition) is 0. The molecular weight excluding hydrogens is 419 g/mol. The lowest BCUT2D eigenvalue weighted by atomic mass is 10.2. The minimum atomic E-state index is -3.37. The van der Waals surface area contributed by atoms with Crippen LogP contribution in [-0.4, -0.2) is 42.7 Å². The van der Waals surface area contributed by atoms with Crippen LogP contribution >= 0.6 is 0 Å². The van der Waals surface area contributed by atoms with E-state index >= 15 is 0 Å². The van der Waals surface area contributed by atoms with Crippen molar-refractivity contribution in [2.45, 2.75) is 18.7 Å². The Labute approximate surface area is 180 Å². The lowest BCUT2D eigenvalue weighted by Gasteiger charge is -2.08. The fourth-order valence-electron chi connectivity index (χ4n) is 2.43. The highest BCUT2D eigenvalue weighted by molar-refractivity contribution is 7.90. The number of sulfone groups is 1. The molecule has 162 valence electrons. The third kappa shape index (κ3) is 7.07. The van der Waals surface area contributed by atoms with Gasteiger partial charge >= 0.3 is 0 Å². The van der Waals surface area contributed by atoms with E-state index in [1.54, 1.807) is 32.3 Å². The van der Waals surface area contributed by atoms with E-state index in [4.69, 9.17) is 0 Å². The maximum absolute atomic E-state index is 12.2. The van der Waals surface area contributed by atoms with E-state index in [9.17, 15) is 17.6 Å². The number of nitrogens with zero attached hydrogens (tertiary/aromatic N) is 4. The molecule has 0 amide bonds. The van der Waals surface area contributed by atoms with Crippen molar-refractivity contribution in [2.75, 3.05) is 13.3 Å². The number of aliphatic imine (C=N–C) groups is 1. The van der Waals surface area contributed by atoms with Crippen LogP contribution in [0.5, 0.6) is 0 Å². The molecule has 9 heteroatoms. The first kappa shape index (κ1) is 23.8. The standard InChI is InChI=1S/C15H16N4O3S.C7H7F/c1-11(4-6-16-2)15-14(20)5-7-19(18-15)12-8-13(10-17-9-12)23(3,21)22;1-6-3-2-4-7(8)5-6/h4-10H,1-3H3;2-5H,1H3/b11-4+,16-6?;. The summed E-state index contributed by atoms with van der Waals surface area (Å²) < 4.78 is 36.8. The summed E-state index contributed by atoms with van der Waals surface area (Å²) >= 11 is 0. The Bertz CT molecular complexity index is 1260. The lowest BCUT2D eigenvalue weighted by molar-refractivity contribution is 0.601. The van der Waals surface area contributed by atoms with Crippen molar-refractivity contribution in [3.05, 3.63) is 88.4 Å². The number of aryl methyl sites for hydroxylation is 1. The van der Waals surface area contributed by atoms with Gasteiger partial charge in [0, 0.05) is 38.0 Å². The van der Waals surface area contributed by atoms with E-state index in [0.29, 0.717) is 11.3 Å². The van der Waals surface area contributed by atoms with Gasteiger partial charge in [-0.25, -0.2) is 17.5 Å². The minimum absolute atomic E-state index is 0.0856. The van der Waals surface area contributed by atoms with Gasteiger partial charge in [0.2, 0.25) is 5.43 Å². The molecule has 3 aromatic rings. The van der Waals surface area contributed by atoms with Crippen molar-refractivity contribution in [3.8, 4) is 5.69 Å².